The number of aliphatic hydroxyl groups excluding tert-OH is 1. The van der Waals surface area contributed by atoms with Gasteiger partial charge in [-0.3, -0.25) is 4.90 Å². The van der Waals surface area contributed by atoms with Crippen molar-refractivity contribution >= 4 is 11.3 Å². The largest absolute Gasteiger partial charge is 0.395 e. The lowest BCUT2D eigenvalue weighted by Crippen LogP contribution is -2.46. The van der Waals surface area contributed by atoms with Crippen LogP contribution < -0.4 is 0 Å². The Morgan fingerprint density at radius 2 is 2.56 bits per heavy atom. The molecule has 1 unspecified atom stereocenters. The van der Waals surface area contributed by atoms with Crippen LogP contribution in [-0.4, -0.2) is 47.4 Å². The first-order valence-electron chi connectivity index (χ1n) is 5.69. The van der Waals surface area contributed by atoms with Crippen molar-refractivity contribution in [1.29, 1.82) is 0 Å². The van der Waals surface area contributed by atoms with Crippen LogP contribution in [0.15, 0.2) is 5.38 Å². The first kappa shape index (κ1) is 12.0. The second-order valence-corrected chi connectivity index (χ2v) is 4.91. The second-order valence-electron chi connectivity index (χ2n) is 3.97. The molecule has 0 saturated carbocycles. The number of thiazole rings is 1. The van der Waals surface area contributed by atoms with Crippen molar-refractivity contribution in [1.82, 2.24) is 9.88 Å². The Bertz CT molecular complexity index is 330. The van der Waals surface area contributed by atoms with Gasteiger partial charge >= 0.3 is 0 Å². The SMILES string of the molecule is CCc1nc(CN2CCOCC2CO)cs1. The van der Waals surface area contributed by atoms with Crippen molar-refractivity contribution < 1.29 is 9.84 Å². The molecule has 16 heavy (non-hydrogen) atoms. The van der Waals surface area contributed by atoms with Crippen molar-refractivity contribution in [3.8, 4) is 0 Å². The molecule has 1 saturated heterocycles. The number of morpholine rings is 1. The summed E-state index contributed by atoms with van der Waals surface area (Å²) in [4.78, 5) is 6.79. The summed E-state index contributed by atoms with van der Waals surface area (Å²) < 4.78 is 5.35. The van der Waals surface area contributed by atoms with Gasteiger partial charge < -0.3 is 9.84 Å². The molecule has 4 nitrogen and oxygen atoms in total. The zero-order valence-electron chi connectivity index (χ0n) is 9.56. The van der Waals surface area contributed by atoms with Gasteiger partial charge in [0.2, 0.25) is 0 Å². The van der Waals surface area contributed by atoms with Crippen molar-refractivity contribution in [3.05, 3.63) is 16.1 Å². The van der Waals surface area contributed by atoms with Crippen molar-refractivity contribution in [2.24, 2.45) is 0 Å². The molecule has 0 amide bonds. The number of nitrogens with zero attached hydrogens (tertiary/aromatic N) is 2. The Morgan fingerprint density at radius 1 is 1.69 bits per heavy atom. The third-order valence-corrected chi connectivity index (χ3v) is 3.87. The molecule has 0 bridgehead atoms. The predicted octanol–water partition coefficient (Wildman–Crippen LogP) is 0.899. The molecule has 1 N–H and O–H groups in total. The van der Waals surface area contributed by atoms with Crippen LogP contribution in [-0.2, 0) is 17.7 Å². The Hall–Kier alpha value is -0.490. The highest BCUT2D eigenvalue weighted by atomic mass is 32.1. The summed E-state index contributed by atoms with van der Waals surface area (Å²) in [6, 6.07) is 0.125. The first-order chi connectivity index (χ1) is 7.83. The molecule has 1 aliphatic rings. The van der Waals surface area contributed by atoms with E-state index < -0.39 is 0 Å². The summed E-state index contributed by atoms with van der Waals surface area (Å²) in [6.45, 7) is 5.36. The number of aryl methyl sites for hydroxylation is 1. The van der Waals surface area contributed by atoms with Crippen LogP contribution in [0.3, 0.4) is 0 Å². The van der Waals surface area contributed by atoms with Gasteiger partial charge in [0.15, 0.2) is 0 Å². The number of hydrogen-bond donors (Lipinski definition) is 1. The lowest BCUT2D eigenvalue weighted by molar-refractivity contribution is -0.0316. The van der Waals surface area contributed by atoms with Gasteiger partial charge in [-0.25, -0.2) is 4.98 Å². The summed E-state index contributed by atoms with van der Waals surface area (Å²) in [5.41, 5.74) is 1.11. The van der Waals surface area contributed by atoms with Gasteiger partial charge in [-0.15, -0.1) is 11.3 Å². The fraction of sp³-hybridized carbons (Fsp3) is 0.727. The van der Waals surface area contributed by atoms with Crippen LogP contribution in [0, 0.1) is 0 Å². The quantitative estimate of drug-likeness (QED) is 0.852. The fourth-order valence-corrected chi connectivity index (χ4v) is 2.59. The van der Waals surface area contributed by atoms with Crippen LogP contribution in [0.4, 0.5) is 0 Å². The molecule has 1 fully saturated rings. The Balaban J connectivity index is 1.96. The summed E-state index contributed by atoms with van der Waals surface area (Å²) >= 11 is 1.72. The summed E-state index contributed by atoms with van der Waals surface area (Å²) in [5, 5.41) is 12.5. The standard InChI is InChI=1S/C11H18N2O2S/c1-2-11-12-9(8-16-11)5-13-3-4-15-7-10(13)6-14/h8,10,14H,2-7H2,1H3. The average Bonchev–Trinajstić information content (AvgIpc) is 2.77. The van der Waals surface area contributed by atoms with Crippen LogP contribution in [0.25, 0.3) is 0 Å². The number of rotatable bonds is 4. The zero-order chi connectivity index (χ0) is 11.4. The topological polar surface area (TPSA) is 45.6 Å². The molecule has 1 aromatic heterocycles. The summed E-state index contributed by atoms with van der Waals surface area (Å²) in [7, 11) is 0. The predicted molar refractivity (Wildman–Crippen MR) is 63.6 cm³/mol. The van der Waals surface area contributed by atoms with Crippen molar-refractivity contribution in [2.75, 3.05) is 26.4 Å². The van der Waals surface area contributed by atoms with E-state index in [4.69, 9.17) is 4.74 Å². The maximum absolute atomic E-state index is 9.25. The molecule has 90 valence electrons. The van der Waals surface area contributed by atoms with E-state index in [1.165, 1.54) is 5.01 Å². The van der Waals surface area contributed by atoms with E-state index in [-0.39, 0.29) is 12.6 Å². The molecule has 0 aromatic carbocycles. The molecule has 0 radical (unpaired) electrons. The first-order valence-corrected chi connectivity index (χ1v) is 6.57. The van der Waals surface area contributed by atoms with Crippen LogP contribution >= 0.6 is 11.3 Å². The van der Waals surface area contributed by atoms with Gasteiger partial charge in [-0.1, -0.05) is 6.92 Å². The maximum Gasteiger partial charge on any atom is 0.0926 e. The highest BCUT2D eigenvalue weighted by Crippen LogP contribution is 2.15. The van der Waals surface area contributed by atoms with Crippen molar-refractivity contribution in [3.63, 3.8) is 0 Å². The minimum Gasteiger partial charge on any atom is -0.395 e. The molecular formula is C11H18N2O2S. The third-order valence-electron chi connectivity index (χ3n) is 2.83. The van der Waals surface area contributed by atoms with E-state index in [2.05, 4.69) is 22.2 Å². The minimum atomic E-state index is 0.125. The van der Waals surface area contributed by atoms with Gasteiger partial charge in [0.25, 0.3) is 0 Å². The second kappa shape index (κ2) is 5.72. The Kier molecular flexibility index (Phi) is 4.29. The van der Waals surface area contributed by atoms with E-state index in [1.54, 1.807) is 11.3 Å². The Morgan fingerprint density at radius 3 is 3.25 bits per heavy atom. The lowest BCUT2D eigenvalue weighted by atomic mass is 10.2. The minimum absolute atomic E-state index is 0.125. The number of aliphatic hydroxyl groups is 1. The monoisotopic (exact) mass is 242 g/mol. The molecule has 0 aliphatic carbocycles. The summed E-state index contributed by atoms with van der Waals surface area (Å²) in [6.07, 6.45) is 0.997. The zero-order valence-corrected chi connectivity index (χ0v) is 10.4. The molecular weight excluding hydrogens is 224 g/mol. The van der Waals surface area contributed by atoms with E-state index in [0.717, 1.165) is 31.8 Å². The van der Waals surface area contributed by atoms with E-state index in [9.17, 15) is 5.11 Å². The molecule has 1 aromatic rings. The third kappa shape index (κ3) is 2.79. The normalized spacial score (nSPS) is 22.5. The number of aromatic nitrogens is 1. The lowest BCUT2D eigenvalue weighted by Gasteiger charge is -2.33. The van der Waals surface area contributed by atoms with E-state index >= 15 is 0 Å². The van der Waals surface area contributed by atoms with E-state index in [0.29, 0.717) is 6.61 Å². The van der Waals surface area contributed by atoms with Crippen LogP contribution in [0.1, 0.15) is 17.6 Å². The summed E-state index contributed by atoms with van der Waals surface area (Å²) in [5.74, 6) is 0. The van der Waals surface area contributed by atoms with Crippen LogP contribution in [0.5, 0.6) is 0 Å². The fourth-order valence-electron chi connectivity index (χ4n) is 1.86. The van der Waals surface area contributed by atoms with Gasteiger partial charge in [-0.2, -0.15) is 0 Å². The molecule has 2 rings (SSSR count). The molecule has 1 aliphatic heterocycles. The van der Waals surface area contributed by atoms with Crippen molar-refractivity contribution in [2.45, 2.75) is 25.9 Å². The molecule has 5 heteroatoms. The number of hydrogen-bond acceptors (Lipinski definition) is 5. The number of ether oxygens (including phenoxy) is 1. The molecule has 2 heterocycles. The smallest absolute Gasteiger partial charge is 0.0926 e. The highest BCUT2D eigenvalue weighted by molar-refractivity contribution is 7.09. The highest BCUT2D eigenvalue weighted by Gasteiger charge is 2.22. The maximum atomic E-state index is 9.25. The average molecular weight is 242 g/mol. The Labute approximate surface area is 99.9 Å². The van der Waals surface area contributed by atoms with E-state index in [1.807, 2.05) is 0 Å². The van der Waals surface area contributed by atoms with Gasteiger partial charge in [0, 0.05) is 18.5 Å². The van der Waals surface area contributed by atoms with Gasteiger partial charge in [-0.05, 0) is 6.42 Å². The molecule has 1 atom stereocenters. The van der Waals surface area contributed by atoms with Gasteiger partial charge in [0.1, 0.15) is 0 Å². The van der Waals surface area contributed by atoms with Crippen LogP contribution in [0.2, 0.25) is 0 Å². The molecule has 0 spiro atoms. The van der Waals surface area contributed by atoms with Gasteiger partial charge in [0.05, 0.1) is 36.6 Å².